The fraction of sp³-hybridized carbons (Fsp3) is 0.407. The van der Waals surface area contributed by atoms with Crippen LogP contribution >= 0.6 is 0 Å². The first-order chi connectivity index (χ1) is 18.5. The lowest BCUT2D eigenvalue weighted by Crippen LogP contribution is -2.29. The summed E-state index contributed by atoms with van der Waals surface area (Å²) in [7, 11) is 9.18. The molecule has 0 bridgehead atoms. The van der Waals surface area contributed by atoms with Gasteiger partial charge >= 0.3 is 0 Å². The van der Waals surface area contributed by atoms with E-state index in [-0.39, 0.29) is 23.6 Å². The molecule has 12 nitrogen and oxygen atoms in total. The maximum absolute atomic E-state index is 12.9. The van der Waals surface area contributed by atoms with Gasteiger partial charge in [-0.1, -0.05) is 0 Å². The molecule has 0 aliphatic rings. The third kappa shape index (κ3) is 8.34. The minimum absolute atomic E-state index is 0.0322. The minimum atomic E-state index is -0.383. The Balaban J connectivity index is 1.48. The predicted molar refractivity (Wildman–Crippen MR) is 150 cm³/mol. The lowest BCUT2D eigenvalue weighted by atomic mass is 10.2. The van der Waals surface area contributed by atoms with Gasteiger partial charge in [-0.25, -0.2) is 0 Å². The molecule has 39 heavy (non-hydrogen) atoms. The van der Waals surface area contributed by atoms with E-state index < -0.39 is 0 Å². The van der Waals surface area contributed by atoms with Crippen LogP contribution < -0.4 is 21.3 Å². The van der Waals surface area contributed by atoms with E-state index in [4.69, 9.17) is 0 Å². The highest BCUT2D eigenvalue weighted by atomic mass is 16.2. The van der Waals surface area contributed by atoms with Crippen LogP contribution in [0, 0.1) is 0 Å². The van der Waals surface area contributed by atoms with Gasteiger partial charge < -0.3 is 39.9 Å². The number of carbonyl (C=O) groups is 4. The first-order valence-electron chi connectivity index (χ1n) is 12.8. The summed E-state index contributed by atoms with van der Waals surface area (Å²) in [5, 5.41) is 11.3. The predicted octanol–water partition coefficient (Wildman–Crippen LogP) is 1.78. The van der Waals surface area contributed by atoms with Crippen molar-refractivity contribution >= 4 is 35.0 Å². The Morgan fingerprint density at radius 3 is 1.87 bits per heavy atom. The number of carbonyl (C=O) groups excluding carboxylic acids is 4. The van der Waals surface area contributed by atoms with Crippen molar-refractivity contribution in [2.75, 3.05) is 44.4 Å². The molecular weight excluding hydrogens is 500 g/mol. The van der Waals surface area contributed by atoms with Crippen LogP contribution in [0.5, 0.6) is 0 Å². The molecule has 0 spiro atoms. The Kier molecular flexibility index (Phi) is 10.1. The summed E-state index contributed by atoms with van der Waals surface area (Å²) in [6.45, 7) is 1.90. The number of hydrogen-bond donors (Lipinski definition) is 4. The second-order valence-electron chi connectivity index (χ2n) is 9.73. The number of hydrogen-bond acceptors (Lipinski definition) is 5. The van der Waals surface area contributed by atoms with Crippen molar-refractivity contribution in [1.82, 2.24) is 29.2 Å². The van der Waals surface area contributed by atoms with Crippen LogP contribution in [0.2, 0.25) is 0 Å². The molecule has 0 saturated heterocycles. The zero-order valence-corrected chi connectivity index (χ0v) is 23.2. The number of anilines is 2. The highest BCUT2D eigenvalue weighted by Gasteiger charge is 2.18. The molecule has 3 rings (SSSR count). The summed E-state index contributed by atoms with van der Waals surface area (Å²) < 4.78 is 4.95. The number of rotatable bonds is 13. The van der Waals surface area contributed by atoms with E-state index >= 15 is 0 Å². The first-order valence-corrected chi connectivity index (χ1v) is 12.8. The van der Waals surface area contributed by atoms with Gasteiger partial charge in [-0.2, -0.15) is 0 Å². The number of amides is 4. The summed E-state index contributed by atoms with van der Waals surface area (Å²) in [4.78, 5) is 52.0. The number of aryl methyl sites for hydroxylation is 3. The maximum Gasteiger partial charge on any atom is 0.272 e. The van der Waals surface area contributed by atoms with Crippen molar-refractivity contribution < 1.29 is 19.2 Å². The molecule has 4 amide bonds. The van der Waals surface area contributed by atoms with Crippen LogP contribution in [-0.4, -0.2) is 76.0 Å². The largest absolute Gasteiger partial charge is 0.356 e. The number of nitrogens with one attached hydrogen (secondary N) is 4. The zero-order valence-electron chi connectivity index (χ0n) is 23.2. The molecule has 3 aromatic heterocycles. The van der Waals surface area contributed by atoms with Crippen LogP contribution in [0.1, 0.15) is 50.7 Å². The van der Waals surface area contributed by atoms with Gasteiger partial charge in [0.05, 0.1) is 11.4 Å². The fourth-order valence-corrected chi connectivity index (χ4v) is 4.06. The van der Waals surface area contributed by atoms with Gasteiger partial charge in [0.15, 0.2) is 0 Å². The van der Waals surface area contributed by atoms with E-state index in [1.807, 2.05) is 14.1 Å². The Bertz CT molecular complexity index is 1320. The summed E-state index contributed by atoms with van der Waals surface area (Å²) in [5.74, 6) is -0.991. The SMILES string of the molecule is CN(C)CCCNC(=O)CCCNC(=O)c1cc(NC(=O)c2cc(NC(=O)c3cccn3C)cn2C)cn1C. The molecule has 210 valence electrons. The van der Waals surface area contributed by atoms with E-state index in [2.05, 4.69) is 26.2 Å². The van der Waals surface area contributed by atoms with Gasteiger partial charge in [0.25, 0.3) is 17.7 Å². The average molecular weight is 539 g/mol. The lowest BCUT2D eigenvalue weighted by molar-refractivity contribution is -0.121. The Hall–Kier alpha value is -4.32. The molecule has 0 aliphatic heterocycles. The summed E-state index contributed by atoms with van der Waals surface area (Å²) >= 11 is 0. The van der Waals surface area contributed by atoms with E-state index in [1.54, 1.807) is 77.7 Å². The van der Waals surface area contributed by atoms with Crippen molar-refractivity contribution in [2.45, 2.75) is 19.3 Å². The maximum atomic E-state index is 12.9. The molecule has 0 saturated carbocycles. The number of aromatic nitrogens is 3. The van der Waals surface area contributed by atoms with Crippen LogP contribution in [0.3, 0.4) is 0 Å². The van der Waals surface area contributed by atoms with Crippen molar-refractivity contribution in [3.63, 3.8) is 0 Å². The van der Waals surface area contributed by atoms with Gasteiger partial charge in [0.1, 0.15) is 17.1 Å². The van der Waals surface area contributed by atoms with Crippen molar-refractivity contribution in [3.05, 3.63) is 59.9 Å². The summed E-state index contributed by atoms with van der Waals surface area (Å²) in [6, 6.07) is 6.67. The molecule has 0 aromatic carbocycles. The van der Waals surface area contributed by atoms with Crippen LogP contribution in [-0.2, 0) is 25.9 Å². The van der Waals surface area contributed by atoms with Crippen LogP contribution in [0.4, 0.5) is 11.4 Å². The van der Waals surface area contributed by atoms with Gasteiger partial charge in [0.2, 0.25) is 5.91 Å². The summed E-state index contributed by atoms with van der Waals surface area (Å²) in [6.07, 6.45) is 6.83. The first kappa shape index (κ1) is 29.2. The quantitative estimate of drug-likeness (QED) is 0.246. The van der Waals surface area contributed by atoms with Gasteiger partial charge in [0, 0.05) is 59.2 Å². The standard InChI is InChI=1S/C27H38N8O4/c1-32(2)13-8-12-28-24(36)10-6-11-29-25(37)22-15-19(17-34(22)4)31-27(39)23-16-20(18-35(23)5)30-26(38)21-9-7-14-33(21)3/h7,9,14-18H,6,8,10-13H2,1-5H3,(H,28,36)(H,29,37)(H,30,38)(H,31,39). The van der Waals surface area contributed by atoms with E-state index in [9.17, 15) is 19.2 Å². The van der Waals surface area contributed by atoms with Crippen LogP contribution in [0.25, 0.3) is 0 Å². The Morgan fingerprint density at radius 1 is 0.744 bits per heavy atom. The van der Waals surface area contributed by atoms with Crippen LogP contribution in [0.15, 0.2) is 42.9 Å². The fourth-order valence-electron chi connectivity index (χ4n) is 4.06. The highest BCUT2D eigenvalue weighted by Crippen LogP contribution is 2.18. The Morgan fingerprint density at radius 2 is 1.31 bits per heavy atom. The third-order valence-corrected chi connectivity index (χ3v) is 6.14. The average Bonchev–Trinajstić information content (AvgIpc) is 3.57. The molecule has 0 unspecified atom stereocenters. The van der Waals surface area contributed by atoms with Crippen molar-refractivity contribution in [3.8, 4) is 0 Å². The van der Waals surface area contributed by atoms with E-state index in [1.165, 1.54) is 0 Å². The molecule has 3 aromatic rings. The molecular formula is C27H38N8O4. The topological polar surface area (TPSA) is 134 Å². The van der Waals surface area contributed by atoms with E-state index in [0.29, 0.717) is 54.4 Å². The molecule has 0 aliphatic carbocycles. The molecule has 4 N–H and O–H groups in total. The molecule has 0 fully saturated rings. The smallest absolute Gasteiger partial charge is 0.272 e. The summed E-state index contributed by atoms with van der Waals surface area (Å²) in [5.41, 5.74) is 2.16. The van der Waals surface area contributed by atoms with Gasteiger partial charge in [-0.3, -0.25) is 19.2 Å². The van der Waals surface area contributed by atoms with Crippen molar-refractivity contribution in [2.24, 2.45) is 21.1 Å². The minimum Gasteiger partial charge on any atom is -0.356 e. The lowest BCUT2D eigenvalue weighted by Gasteiger charge is -2.10. The normalized spacial score (nSPS) is 10.9. The van der Waals surface area contributed by atoms with Gasteiger partial charge in [-0.15, -0.1) is 0 Å². The van der Waals surface area contributed by atoms with Crippen molar-refractivity contribution in [1.29, 1.82) is 0 Å². The molecule has 12 heteroatoms. The molecule has 3 heterocycles. The highest BCUT2D eigenvalue weighted by molar-refractivity contribution is 6.07. The monoisotopic (exact) mass is 538 g/mol. The Labute approximate surface area is 228 Å². The zero-order chi connectivity index (χ0) is 28.5. The molecule has 0 atom stereocenters. The third-order valence-electron chi connectivity index (χ3n) is 6.14. The van der Waals surface area contributed by atoms with Gasteiger partial charge in [-0.05, 0) is 57.7 Å². The second-order valence-corrected chi connectivity index (χ2v) is 9.73. The van der Waals surface area contributed by atoms with E-state index in [0.717, 1.165) is 13.0 Å². The molecule has 0 radical (unpaired) electrons. The number of nitrogens with zero attached hydrogens (tertiary/aromatic N) is 4. The second kappa shape index (κ2) is 13.5.